The number of rotatable bonds is 2. The first-order chi connectivity index (χ1) is 11.0. The van der Waals surface area contributed by atoms with Crippen LogP contribution in [0.5, 0.6) is 0 Å². The number of anilines is 1. The zero-order chi connectivity index (χ0) is 16.4. The van der Waals surface area contributed by atoms with Crippen molar-refractivity contribution in [3.63, 3.8) is 0 Å². The number of amides is 1. The summed E-state index contributed by atoms with van der Waals surface area (Å²) in [6, 6.07) is 12.8. The van der Waals surface area contributed by atoms with E-state index in [1.807, 2.05) is 17.0 Å². The van der Waals surface area contributed by atoms with Gasteiger partial charge in [0.05, 0.1) is 0 Å². The van der Waals surface area contributed by atoms with Gasteiger partial charge < -0.3 is 9.80 Å². The molecule has 4 heteroatoms. The lowest BCUT2D eigenvalue weighted by molar-refractivity contribution is 0.0746. The molecule has 1 aliphatic heterocycles. The minimum Gasteiger partial charge on any atom is -0.368 e. The normalized spacial score (nSPS) is 14.9. The predicted octanol–water partition coefficient (Wildman–Crippen LogP) is 3.40. The van der Waals surface area contributed by atoms with Crippen LogP contribution in [0.3, 0.4) is 0 Å². The van der Waals surface area contributed by atoms with Crippen LogP contribution < -0.4 is 4.90 Å². The number of carbonyl (C=O) groups is 1. The first-order valence-corrected chi connectivity index (χ1v) is 7.91. The Kier molecular flexibility index (Phi) is 4.33. The van der Waals surface area contributed by atoms with E-state index in [2.05, 4.69) is 24.0 Å². The largest absolute Gasteiger partial charge is 0.368 e. The number of carbonyl (C=O) groups excluding carboxylic acids is 1. The van der Waals surface area contributed by atoms with Crippen molar-refractivity contribution in [3.05, 3.63) is 65.0 Å². The van der Waals surface area contributed by atoms with Gasteiger partial charge >= 0.3 is 0 Å². The van der Waals surface area contributed by atoms with E-state index in [1.54, 1.807) is 13.0 Å². The van der Waals surface area contributed by atoms with Gasteiger partial charge in [-0.25, -0.2) is 4.39 Å². The van der Waals surface area contributed by atoms with Gasteiger partial charge in [0.2, 0.25) is 0 Å². The number of benzene rings is 2. The van der Waals surface area contributed by atoms with Crippen LogP contribution in [0.1, 0.15) is 21.5 Å². The summed E-state index contributed by atoms with van der Waals surface area (Å²) in [5, 5.41) is 0. The molecule has 0 aliphatic carbocycles. The summed E-state index contributed by atoms with van der Waals surface area (Å²) in [6.07, 6.45) is 0. The lowest BCUT2D eigenvalue weighted by Crippen LogP contribution is -2.49. The Morgan fingerprint density at radius 1 is 1.00 bits per heavy atom. The van der Waals surface area contributed by atoms with E-state index in [-0.39, 0.29) is 11.7 Å². The molecule has 3 nitrogen and oxygen atoms in total. The van der Waals surface area contributed by atoms with Crippen LogP contribution in [-0.4, -0.2) is 37.0 Å². The average Bonchev–Trinajstić information content (AvgIpc) is 2.54. The number of halogens is 1. The fourth-order valence-corrected chi connectivity index (χ4v) is 3.11. The molecule has 0 aromatic heterocycles. The highest BCUT2D eigenvalue weighted by molar-refractivity contribution is 5.94. The van der Waals surface area contributed by atoms with Gasteiger partial charge in [0, 0.05) is 37.4 Å². The molecule has 0 radical (unpaired) electrons. The Morgan fingerprint density at radius 2 is 1.70 bits per heavy atom. The highest BCUT2D eigenvalue weighted by Crippen LogP contribution is 2.21. The minimum atomic E-state index is -0.355. The van der Waals surface area contributed by atoms with Crippen molar-refractivity contribution in [1.82, 2.24) is 4.90 Å². The van der Waals surface area contributed by atoms with Crippen molar-refractivity contribution in [2.45, 2.75) is 13.8 Å². The molecule has 0 N–H and O–H groups in total. The molecular formula is C19H21FN2O. The second-order valence-electron chi connectivity index (χ2n) is 6.08. The van der Waals surface area contributed by atoms with Gasteiger partial charge in [0.1, 0.15) is 5.82 Å². The van der Waals surface area contributed by atoms with E-state index in [0.717, 1.165) is 18.7 Å². The third-order valence-electron chi connectivity index (χ3n) is 4.31. The topological polar surface area (TPSA) is 23.6 Å². The predicted molar refractivity (Wildman–Crippen MR) is 90.4 cm³/mol. The molecule has 1 heterocycles. The molecule has 1 aliphatic rings. The van der Waals surface area contributed by atoms with Crippen LogP contribution >= 0.6 is 0 Å². The van der Waals surface area contributed by atoms with Gasteiger partial charge in [-0.05, 0) is 49.2 Å². The minimum absolute atomic E-state index is 0.0861. The molecule has 0 atom stereocenters. The lowest BCUT2D eigenvalue weighted by Gasteiger charge is -2.36. The Bertz CT molecular complexity index is 701. The van der Waals surface area contributed by atoms with Crippen molar-refractivity contribution in [3.8, 4) is 0 Å². The third kappa shape index (κ3) is 3.36. The molecule has 0 unspecified atom stereocenters. The van der Waals surface area contributed by atoms with E-state index < -0.39 is 0 Å². The van der Waals surface area contributed by atoms with Crippen LogP contribution in [0.2, 0.25) is 0 Å². The fraction of sp³-hybridized carbons (Fsp3) is 0.316. The quantitative estimate of drug-likeness (QED) is 0.848. The molecule has 1 fully saturated rings. The molecular weight excluding hydrogens is 291 g/mol. The number of nitrogens with zero attached hydrogens (tertiary/aromatic N) is 2. The number of hydrogen-bond donors (Lipinski definition) is 0. The van der Waals surface area contributed by atoms with E-state index in [1.165, 1.54) is 23.4 Å². The second-order valence-corrected chi connectivity index (χ2v) is 6.08. The van der Waals surface area contributed by atoms with Gasteiger partial charge in [-0.3, -0.25) is 4.79 Å². The van der Waals surface area contributed by atoms with E-state index in [4.69, 9.17) is 0 Å². The second kappa shape index (κ2) is 6.41. The monoisotopic (exact) mass is 312 g/mol. The summed E-state index contributed by atoms with van der Waals surface area (Å²) < 4.78 is 13.5. The Labute approximate surface area is 136 Å². The third-order valence-corrected chi connectivity index (χ3v) is 4.31. The molecule has 3 rings (SSSR count). The molecule has 1 saturated heterocycles. The lowest BCUT2D eigenvalue weighted by atomic mass is 10.1. The van der Waals surface area contributed by atoms with Crippen molar-refractivity contribution in [2.24, 2.45) is 0 Å². The smallest absolute Gasteiger partial charge is 0.254 e. The number of aryl methyl sites for hydroxylation is 2. The SMILES string of the molecule is Cc1cc(F)cc(C(=O)N2CCN(c3ccccc3C)CC2)c1. The zero-order valence-electron chi connectivity index (χ0n) is 13.6. The maximum Gasteiger partial charge on any atom is 0.254 e. The summed E-state index contributed by atoms with van der Waals surface area (Å²) in [5.41, 5.74) is 3.67. The van der Waals surface area contributed by atoms with Crippen molar-refractivity contribution in [1.29, 1.82) is 0 Å². The van der Waals surface area contributed by atoms with Gasteiger partial charge in [-0.15, -0.1) is 0 Å². The Morgan fingerprint density at radius 3 is 2.35 bits per heavy atom. The maximum absolute atomic E-state index is 13.5. The standard InChI is InChI=1S/C19H21FN2O/c1-14-11-16(13-17(20)12-14)19(23)22-9-7-21(8-10-22)18-6-4-3-5-15(18)2/h3-6,11-13H,7-10H2,1-2H3. The van der Waals surface area contributed by atoms with Gasteiger partial charge in [0.15, 0.2) is 0 Å². The average molecular weight is 312 g/mol. The van der Waals surface area contributed by atoms with Crippen LogP contribution in [-0.2, 0) is 0 Å². The summed E-state index contributed by atoms with van der Waals surface area (Å²) in [7, 11) is 0. The molecule has 2 aromatic rings. The van der Waals surface area contributed by atoms with Crippen LogP contribution in [0.25, 0.3) is 0 Å². The molecule has 0 spiro atoms. The fourth-order valence-electron chi connectivity index (χ4n) is 3.11. The van der Waals surface area contributed by atoms with Crippen molar-refractivity contribution < 1.29 is 9.18 Å². The molecule has 0 saturated carbocycles. The Balaban J connectivity index is 1.69. The molecule has 2 aromatic carbocycles. The zero-order valence-corrected chi connectivity index (χ0v) is 13.6. The molecule has 1 amide bonds. The number of piperazine rings is 1. The van der Waals surface area contributed by atoms with Gasteiger partial charge in [-0.2, -0.15) is 0 Å². The first-order valence-electron chi connectivity index (χ1n) is 7.91. The van der Waals surface area contributed by atoms with E-state index in [0.29, 0.717) is 18.7 Å². The van der Waals surface area contributed by atoms with Gasteiger partial charge in [-0.1, -0.05) is 18.2 Å². The summed E-state index contributed by atoms with van der Waals surface area (Å²) in [6.45, 7) is 6.81. The van der Waals surface area contributed by atoms with Crippen LogP contribution in [0.4, 0.5) is 10.1 Å². The molecule has 0 bridgehead atoms. The van der Waals surface area contributed by atoms with E-state index in [9.17, 15) is 9.18 Å². The van der Waals surface area contributed by atoms with Crippen molar-refractivity contribution in [2.75, 3.05) is 31.1 Å². The maximum atomic E-state index is 13.5. The van der Waals surface area contributed by atoms with Crippen LogP contribution in [0, 0.1) is 19.7 Å². The summed E-state index contributed by atoms with van der Waals surface area (Å²) in [5.74, 6) is -0.441. The Hall–Kier alpha value is -2.36. The molecule has 120 valence electrons. The van der Waals surface area contributed by atoms with Crippen molar-refractivity contribution >= 4 is 11.6 Å². The highest BCUT2D eigenvalue weighted by Gasteiger charge is 2.23. The van der Waals surface area contributed by atoms with Crippen LogP contribution in [0.15, 0.2) is 42.5 Å². The number of hydrogen-bond acceptors (Lipinski definition) is 2. The number of para-hydroxylation sites is 1. The highest BCUT2D eigenvalue weighted by atomic mass is 19.1. The first kappa shape index (κ1) is 15.5. The summed E-state index contributed by atoms with van der Waals surface area (Å²) in [4.78, 5) is 16.7. The van der Waals surface area contributed by atoms with Gasteiger partial charge in [0.25, 0.3) is 5.91 Å². The van der Waals surface area contributed by atoms with E-state index >= 15 is 0 Å². The summed E-state index contributed by atoms with van der Waals surface area (Å²) >= 11 is 0. The molecule has 23 heavy (non-hydrogen) atoms.